The molecule has 5 N–H and O–H groups in total. The molecule has 0 bridgehead atoms. The Morgan fingerprint density at radius 2 is 1.33 bits per heavy atom. The summed E-state index contributed by atoms with van der Waals surface area (Å²) in [5.41, 5.74) is 0. The van der Waals surface area contributed by atoms with Gasteiger partial charge in [-0.25, -0.2) is 0 Å². The molecule has 5 atom stereocenters. The molecule has 0 radical (unpaired) electrons. The Hall–Kier alpha value is -2.61. The molecule has 13 nitrogen and oxygen atoms in total. The van der Waals surface area contributed by atoms with E-state index in [0.29, 0.717) is 13.8 Å². The van der Waals surface area contributed by atoms with Crippen LogP contribution in [0.1, 0.15) is 27.7 Å². The molecule has 1 amide bonds. The molecule has 0 spiro atoms. The molecule has 1 unspecified atom stereocenters. The summed E-state index contributed by atoms with van der Waals surface area (Å²) in [6.45, 7) is 3.10. The number of hydrogen-bond acceptors (Lipinski definition) is 12. The van der Waals surface area contributed by atoms with E-state index in [0.717, 1.165) is 13.8 Å². The van der Waals surface area contributed by atoms with Gasteiger partial charge < -0.3 is 44.7 Å². The van der Waals surface area contributed by atoms with Crippen LogP contribution < -0.4 is 5.32 Å². The molecule has 13 heteroatoms. The molecular weight excluding hydrogens is 374 g/mol. The summed E-state index contributed by atoms with van der Waals surface area (Å²) in [4.78, 5) is 56.2. The van der Waals surface area contributed by atoms with Crippen molar-refractivity contribution in [1.82, 2.24) is 5.32 Å². The second-order valence-electron chi connectivity index (χ2n) is 5.34. The average molecular weight is 395 g/mol. The number of aliphatic hydroxyl groups excluding tert-OH is 2. The van der Waals surface area contributed by atoms with Crippen LogP contribution in [0.2, 0.25) is 0 Å². The van der Waals surface area contributed by atoms with Gasteiger partial charge in [-0.05, 0) is 0 Å². The van der Waals surface area contributed by atoms with Crippen LogP contribution in [0.3, 0.4) is 0 Å². The molecule has 154 valence electrons. The van der Waals surface area contributed by atoms with E-state index in [1.807, 2.05) is 0 Å². The topological polar surface area (TPSA) is 206 Å². The van der Waals surface area contributed by atoms with E-state index in [1.165, 1.54) is 0 Å². The van der Waals surface area contributed by atoms with Gasteiger partial charge in [0.1, 0.15) is 6.29 Å². The van der Waals surface area contributed by atoms with Crippen molar-refractivity contribution in [2.45, 2.75) is 57.7 Å². The first-order valence-electron chi connectivity index (χ1n) is 7.30. The molecule has 0 aliphatic rings. The molecular formula is C14H21NO12. The number of rotatable bonds is 9. The Balaban J connectivity index is 6.46. The lowest BCUT2D eigenvalue weighted by Gasteiger charge is -2.45. The van der Waals surface area contributed by atoms with E-state index in [2.05, 4.69) is 14.2 Å². The molecule has 0 saturated carbocycles. The standard InChI is InChI=1S/C14H21NO12/c1-6(17)15-10(5-16)13(23,26-8(3)19)14(24,27-9(4)20)11(21)12(22)25-7(2)18/h5,10-12,21-24H,1-4H3,(H,15,17)/t10-,11+,12?,13-,14-/m0/s1. The third kappa shape index (κ3) is 5.96. The quantitative estimate of drug-likeness (QED) is 0.111. The normalized spacial score (nSPS) is 18.5. The first kappa shape index (κ1) is 24.4. The van der Waals surface area contributed by atoms with Gasteiger partial charge in [0.2, 0.25) is 12.2 Å². The fraction of sp³-hybridized carbons (Fsp3) is 0.643. The maximum atomic E-state index is 11.4. The number of hydrogen-bond donors (Lipinski definition) is 5. The number of carbonyl (C=O) groups excluding carboxylic acids is 5. The van der Waals surface area contributed by atoms with E-state index >= 15 is 0 Å². The highest BCUT2D eigenvalue weighted by Crippen LogP contribution is 2.34. The van der Waals surface area contributed by atoms with Gasteiger partial charge in [0.25, 0.3) is 0 Å². The van der Waals surface area contributed by atoms with E-state index < -0.39 is 53.8 Å². The lowest BCUT2D eigenvalue weighted by Crippen LogP contribution is -2.75. The Morgan fingerprint density at radius 1 is 0.889 bits per heavy atom. The van der Waals surface area contributed by atoms with Crippen LogP contribution in [-0.2, 0) is 38.2 Å². The van der Waals surface area contributed by atoms with Gasteiger partial charge in [-0.1, -0.05) is 0 Å². The van der Waals surface area contributed by atoms with E-state index in [1.54, 1.807) is 5.32 Å². The lowest BCUT2D eigenvalue weighted by atomic mass is 9.92. The van der Waals surface area contributed by atoms with Gasteiger partial charge in [-0.3, -0.25) is 19.2 Å². The highest BCUT2D eigenvalue weighted by atomic mass is 16.8. The van der Waals surface area contributed by atoms with Gasteiger partial charge in [0.05, 0.1) is 0 Å². The van der Waals surface area contributed by atoms with Crippen molar-refractivity contribution < 1.29 is 58.6 Å². The SMILES string of the molecule is CC(=O)N[C@@H](C=O)[C@](O)(OC(C)=O)[C@@](O)(OC(C)=O)[C@H](O)C(O)OC(C)=O. The fourth-order valence-electron chi connectivity index (χ4n) is 2.01. The van der Waals surface area contributed by atoms with Gasteiger partial charge in [-0.15, -0.1) is 0 Å². The minimum atomic E-state index is -3.77. The minimum absolute atomic E-state index is 0.205. The van der Waals surface area contributed by atoms with Crippen molar-refractivity contribution in [3.05, 3.63) is 0 Å². The zero-order chi connectivity index (χ0) is 21.6. The zero-order valence-corrected chi connectivity index (χ0v) is 14.9. The Labute approximate surface area is 152 Å². The zero-order valence-electron chi connectivity index (χ0n) is 14.9. The fourth-order valence-corrected chi connectivity index (χ4v) is 2.01. The number of ether oxygens (including phenoxy) is 3. The van der Waals surface area contributed by atoms with Gasteiger partial charge in [0, 0.05) is 27.7 Å². The van der Waals surface area contributed by atoms with Crippen molar-refractivity contribution in [2.24, 2.45) is 0 Å². The van der Waals surface area contributed by atoms with Crippen LogP contribution in [0.4, 0.5) is 0 Å². The third-order valence-corrected chi connectivity index (χ3v) is 2.99. The predicted molar refractivity (Wildman–Crippen MR) is 80.9 cm³/mol. The third-order valence-electron chi connectivity index (χ3n) is 2.99. The highest BCUT2D eigenvalue weighted by molar-refractivity contribution is 5.78. The molecule has 0 aromatic carbocycles. The predicted octanol–water partition coefficient (Wildman–Crippen LogP) is -3.56. The van der Waals surface area contributed by atoms with Crippen LogP contribution in [-0.4, -0.2) is 80.5 Å². The lowest BCUT2D eigenvalue weighted by molar-refractivity contribution is -0.404. The number of nitrogens with one attached hydrogen (secondary N) is 1. The number of aliphatic hydroxyl groups is 4. The molecule has 0 aromatic rings. The van der Waals surface area contributed by atoms with Crippen LogP contribution >= 0.6 is 0 Å². The van der Waals surface area contributed by atoms with Crippen molar-refractivity contribution in [3.8, 4) is 0 Å². The number of aldehydes is 1. The number of amides is 1. The summed E-state index contributed by atoms with van der Waals surface area (Å²) >= 11 is 0. The summed E-state index contributed by atoms with van der Waals surface area (Å²) in [5, 5.41) is 42.9. The molecule has 0 rings (SSSR count). The first-order valence-corrected chi connectivity index (χ1v) is 7.30. The second-order valence-corrected chi connectivity index (χ2v) is 5.34. The van der Waals surface area contributed by atoms with Gasteiger partial charge in [-0.2, -0.15) is 0 Å². The molecule has 0 heterocycles. The van der Waals surface area contributed by atoms with Crippen LogP contribution in [0, 0.1) is 0 Å². The minimum Gasteiger partial charge on any atom is -0.433 e. The Morgan fingerprint density at radius 3 is 1.67 bits per heavy atom. The number of carbonyl (C=O) groups is 5. The van der Waals surface area contributed by atoms with Crippen LogP contribution in [0.15, 0.2) is 0 Å². The second kappa shape index (κ2) is 9.36. The molecule has 0 aliphatic carbocycles. The molecule has 0 saturated heterocycles. The van der Waals surface area contributed by atoms with Crippen molar-refractivity contribution in [3.63, 3.8) is 0 Å². The average Bonchev–Trinajstić information content (AvgIpc) is 2.48. The molecule has 27 heavy (non-hydrogen) atoms. The van der Waals surface area contributed by atoms with Gasteiger partial charge >= 0.3 is 29.5 Å². The van der Waals surface area contributed by atoms with Crippen molar-refractivity contribution in [1.29, 1.82) is 0 Å². The monoisotopic (exact) mass is 395 g/mol. The summed E-state index contributed by atoms with van der Waals surface area (Å²) in [6, 6.07) is -2.29. The summed E-state index contributed by atoms with van der Waals surface area (Å²) < 4.78 is 13.1. The van der Waals surface area contributed by atoms with E-state index in [4.69, 9.17) is 0 Å². The molecule has 0 fully saturated rings. The highest BCUT2D eigenvalue weighted by Gasteiger charge is 2.67. The summed E-state index contributed by atoms with van der Waals surface area (Å²) in [5.74, 6) is -12.3. The van der Waals surface area contributed by atoms with E-state index in [9.17, 15) is 44.4 Å². The summed E-state index contributed by atoms with van der Waals surface area (Å²) in [7, 11) is 0. The van der Waals surface area contributed by atoms with Crippen LogP contribution in [0.25, 0.3) is 0 Å². The van der Waals surface area contributed by atoms with E-state index in [-0.39, 0.29) is 6.29 Å². The Kier molecular flexibility index (Phi) is 8.46. The maximum Gasteiger partial charge on any atom is 0.312 e. The van der Waals surface area contributed by atoms with Crippen molar-refractivity contribution >= 4 is 30.1 Å². The summed E-state index contributed by atoms with van der Waals surface area (Å²) in [6.07, 6.45) is -5.67. The van der Waals surface area contributed by atoms with Crippen molar-refractivity contribution in [2.75, 3.05) is 0 Å². The first-order chi connectivity index (χ1) is 12.2. The maximum absolute atomic E-state index is 11.4. The van der Waals surface area contributed by atoms with Gasteiger partial charge in [0.15, 0.2) is 12.1 Å². The Bertz CT molecular complexity index is 607. The van der Waals surface area contributed by atoms with Crippen LogP contribution in [0.5, 0.6) is 0 Å². The smallest absolute Gasteiger partial charge is 0.312 e. The number of esters is 3. The molecule has 0 aromatic heterocycles. The largest absolute Gasteiger partial charge is 0.433 e. The molecule has 0 aliphatic heterocycles.